The van der Waals surface area contributed by atoms with Crippen molar-refractivity contribution in [3.05, 3.63) is 38.0 Å². The summed E-state index contributed by atoms with van der Waals surface area (Å²) in [5.74, 6) is -0.0171. The van der Waals surface area contributed by atoms with Crippen LogP contribution in [0.4, 0.5) is 0 Å². The van der Waals surface area contributed by atoms with Gasteiger partial charge >= 0.3 is 0 Å². The first-order valence-electron chi connectivity index (χ1n) is 17.0. The molecule has 0 heterocycles. The van der Waals surface area contributed by atoms with Crippen LogP contribution in [0.2, 0.25) is 0 Å². The van der Waals surface area contributed by atoms with Gasteiger partial charge in [0.1, 0.15) is 0 Å². The molecule has 0 saturated carbocycles. The summed E-state index contributed by atoms with van der Waals surface area (Å²) >= 11 is 0. The van der Waals surface area contributed by atoms with Crippen LogP contribution in [0.5, 0.6) is 0 Å². The van der Waals surface area contributed by atoms with Crippen LogP contribution in [-0.2, 0) is 4.74 Å². The number of allylic oxidation sites excluding steroid dienone is 3. The molecule has 0 spiro atoms. The summed E-state index contributed by atoms with van der Waals surface area (Å²) in [5.41, 5.74) is -0.249. The molecule has 258 valence electrons. The number of hydrogen-bond acceptors (Lipinski definition) is 7. The van der Waals surface area contributed by atoms with Crippen LogP contribution in [0, 0.1) is 17.3 Å². The van der Waals surface area contributed by atoms with E-state index in [1.165, 1.54) is 51.4 Å². The molecule has 0 amide bonds. The summed E-state index contributed by atoms with van der Waals surface area (Å²) in [7, 11) is 0. The van der Waals surface area contributed by atoms with Crippen LogP contribution in [0.1, 0.15) is 122 Å². The van der Waals surface area contributed by atoms with Gasteiger partial charge in [-0.3, -0.25) is 0 Å². The molecule has 0 saturated heterocycles. The SMILES string of the molecule is C=CCCCCC(CC)(CO)CO.C=CCCCCCCCCC(CO)CO.C=CCCCCCCOCC(CO)CO. The van der Waals surface area contributed by atoms with Gasteiger partial charge in [-0.15, -0.1) is 19.7 Å². The van der Waals surface area contributed by atoms with Crippen LogP contribution in [0.3, 0.4) is 0 Å². The van der Waals surface area contributed by atoms with E-state index in [2.05, 4.69) is 19.7 Å². The average molecular weight is 617 g/mol. The van der Waals surface area contributed by atoms with E-state index < -0.39 is 0 Å². The summed E-state index contributed by atoms with van der Waals surface area (Å²) in [6, 6.07) is 0. The standard InChI is InChI=1S/C13H26O2.C12H24O3.C11H22O2/c1-2-3-4-5-6-7-8-9-10-13(11-14)12-15;1-2-3-4-5-6-7-8-15-11-12(9-13)10-14;1-3-5-6-7-8-11(4-2,9-12)10-13/h2,13-15H,1,3-12H2;2,12-14H,1,3-11H2;3,12-13H,1,4-10H2,2H3. The van der Waals surface area contributed by atoms with E-state index in [0.29, 0.717) is 6.61 Å². The first-order chi connectivity index (χ1) is 20.9. The summed E-state index contributed by atoms with van der Waals surface area (Å²) < 4.78 is 5.34. The van der Waals surface area contributed by atoms with Crippen LogP contribution in [-0.4, -0.2) is 83.5 Å². The van der Waals surface area contributed by atoms with Crippen LogP contribution in [0.25, 0.3) is 0 Å². The van der Waals surface area contributed by atoms with Crippen molar-refractivity contribution in [2.24, 2.45) is 17.3 Å². The van der Waals surface area contributed by atoms with E-state index in [4.69, 9.17) is 35.4 Å². The largest absolute Gasteiger partial charge is 0.396 e. The molecular weight excluding hydrogens is 544 g/mol. The number of unbranched alkanes of at least 4 members (excludes halogenated alkanes) is 12. The fraction of sp³-hybridized carbons (Fsp3) is 0.833. The van der Waals surface area contributed by atoms with Crippen molar-refractivity contribution in [2.45, 2.75) is 122 Å². The number of aliphatic hydroxyl groups excluding tert-OH is 6. The zero-order valence-electron chi connectivity index (χ0n) is 28.0. The van der Waals surface area contributed by atoms with E-state index >= 15 is 0 Å². The fourth-order valence-electron chi connectivity index (χ4n) is 4.33. The predicted octanol–water partition coefficient (Wildman–Crippen LogP) is 6.75. The maximum Gasteiger partial charge on any atom is 0.0538 e. The average Bonchev–Trinajstić information content (AvgIpc) is 3.04. The first-order valence-corrected chi connectivity index (χ1v) is 17.0. The predicted molar refractivity (Wildman–Crippen MR) is 182 cm³/mol. The molecule has 0 aromatic rings. The Hall–Kier alpha value is -1.06. The number of rotatable bonds is 30. The molecular formula is C36H72O7. The van der Waals surface area contributed by atoms with Crippen LogP contribution >= 0.6 is 0 Å². The Morgan fingerprint density at radius 2 is 0.977 bits per heavy atom. The third-order valence-corrected chi connectivity index (χ3v) is 7.89. The van der Waals surface area contributed by atoms with Crippen molar-refractivity contribution in [3.63, 3.8) is 0 Å². The van der Waals surface area contributed by atoms with E-state index in [1.54, 1.807) is 0 Å². The zero-order chi connectivity index (χ0) is 32.9. The second kappa shape index (κ2) is 39.0. The Labute approximate surface area is 265 Å². The highest BCUT2D eigenvalue weighted by atomic mass is 16.5. The molecule has 0 fully saturated rings. The van der Waals surface area contributed by atoms with Gasteiger partial charge in [0.05, 0.1) is 33.0 Å². The summed E-state index contributed by atoms with van der Waals surface area (Å²) in [5, 5.41) is 53.6. The molecule has 0 bridgehead atoms. The topological polar surface area (TPSA) is 131 Å². The van der Waals surface area contributed by atoms with Crippen molar-refractivity contribution in [3.8, 4) is 0 Å². The number of ether oxygens (including phenoxy) is 1. The highest BCUT2D eigenvalue weighted by Gasteiger charge is 2.25. The molecule has 43 heavy (non-hydrogen) atoms. The van der Waals surface area contributed by atoms with Gasteiger partial charge in [0, 0.05) is 37.1 Å². The molecule has 7 nitrogen and oxygen atoms in total. The molecule has 0 aliphatic carbocycles. The van der Waals surface area contributed by atoms with Crippen molar-refractivity contribution in [2.75, 3.05) is 52.9 Å². The lowest BCUT2D eigenvalue weighted by atomic mass is 9.82. The molecule has 0 aromatic carbocycles. The maximum absolute atomic E-state index is 9.15. The van der Waals surface area contributed by atoms with Gasteiger partial charge in [0.25, 0.3) is 0 Å². The summed E-state index contributed by atoms with van der Waals surface area (Å²) in [6.45, 7) is 14.6. The molecule has 0 atom stereocenters. The molecule has 7 heteroatoms. The lowest BCUT2D eigenvalue weighted by molar-refractivity contribution is 0.0418. The Kier molecular flexibility index (Phi) is 42.0. The zero-order valence-corrected chi connectivity index (χ0v) is 28.0. The number of hydrogen-bond donors (Lipinski definition) is 6. The van der Waals surface area contributed by atoms with Crippen molar-refractivity contribution < 1.29 is 35.4 Å². The summed E-state index contributed by atoms with van der Waals surface area (Å²) in [6.07, 6.45) is 26.1. The molecule has 0 radical (unpaired) electrons. The fourth-order valence-corrected chi connectivity index (χ4v) is 4.33. The molecule has 0 aromatic heterocycles. The van der Waals surface area contributed by atoms with Crippen molar-refractivity contribution in [1.29, 1.82) is 0 Å². The normalized spacial score (nSPS) is 11.1. The first kappa shape index (κ1) is 46.4. The Balaban J connectivity index is -0.000000560. The lowest BCUT2D eigenvalue weighted by Gasteiger charge is -2.28. The minimum absolute atomic E-state index is 0.00413. The smallest absolute Gasteiger partial charge is 0.0538 e. The highest BCUT2D eigenvalue weighted by Crippen LogP contribution is 2.27. The molecule has 6 N–H and O–H groups in total. The molecule has 0 unspecified atom stereocenters. The van der Waals surface area contributed by atoms with Gasteiger partial charge in [-0.2, -0.15) is 0 Å². The molecule has 0 aliphatic heterocycles. The minimum atomic E-state index is -0.249. The van der Waals surface area contributed by atoms with Gasteiger partial charge in [-0.1, -0.05) is 76.5 Å². The maximum atomic E-state index is 9.15. The Bertz CT molecular complexity index is 503. The minimum Gasteiger partial charge on any atom is -0.396 e. The third-order valence-electron chi connectivity index (χ3n) is 7.89. The lowest BCUT2D eigenvalue weighted by Crippen LogP contribution is -2.28. The second-order valence-corrected chi connectivity index (χ2v) is 11.7. The van der Waals surface area contributed by atoms with E-state index in [0.717, 1.165) is 70.8 Å². The summed E-state index contributed by atoms with van der Waals surface area (Å²) in [4.78, 5) is 0. The van der Waals surface area contributed by atoms with Gasteiger partial charge in [0.2, 0.25) is 0 Å². The van der Waals surface area contributed by atoms with E-state index in [1.807, 2.05) is 25.2 Å². The molecule has 0 aliphatic rings. The van der Waals surface area contributed by atoms with Gasteiger partial charge in [0.15, 0.2) is 0 Å². The molecule has 0 rings (SSSR count). The van der Waals surface area contributed by atoms with Crippen LogP contribution < -0.4 is 0 Å². The Morgan fingerprint density at radius 3 is 1.40 bits per heavy atom. The highest BCUT2D eigenvalue weighted by molar-refractivity contribution is 4.77. The van der Waals surface area contributed by atoms with Crippen molar-refractivity contribution >= 4 is 0 Å². The van der Waals surface area contributed by atoms with E-state index in [9.17, 15) is 0 Å². The second-order valence-electron chi connectivity index (χ2n) is 11.7. The van der Waals surface area contributed by atoms with Gasteiger partial charge in [-0.05, 0) is 64.2 Å². The van der Waals surface area contributed by atoms with Gasteiger partial charge < -0.3 is 35.4 Å². The Morgan fingerprint density at radius 1 is 0.558 bits per heavy atom. The van der Waals surface area contributed by atoms with Gasteiger partial charge in [-0.25, -0.2) is 0 Å². The number of aliphatic hydroxyl groups is 6. The third kappa shape index (κ3) is 33.7. The van der Waals surface area contributed by atoms with Crippen LogP contribution in [0.15, 0.2) is 38.0 Å². The quantitative estimate of drug-likeness (QED) is 0.0389. The van der Waals surface area contributed by atoms with E-state index in [-0.39, 0.29) is 56.9 Å². The van der Waals surface area contributed by atoms with Crippen molar-refractivity contribution in [1.82, 2.24) is 0 Å². The monoisotopic (exact) mass is 617 g/mol.